The third kappa shape index (κ3) is 3.34. The minimum absolute atomic E-state index is 0.0301. The first kappa shape index (κ1) is 15.3. The van der Waals surface area contributed by atoms with Crippen molar-refractivity contribution >= 4 is 40.5 Å². The third-order valence-electron chi connectivity index (χ3n) is 2.34. The van der Waals surface area contributed by atoms with Crippen molar-refractivity contribution < 1.29 is 9.66 Å². The number of aromatic nitrogens is 1. The first-order valence-electron chi connectivity index (χ1n) is 5.30. The van der Waals surface area contributed by atoms with Gasteiger partial charge in [0.25, 0.3) is 0 Å². The van der Waals surface area contributed by atoms with Crippen LogP contribution in [0, 0.1) is 21.4 Å². The molecule has 6 nitrogen and oxygen atoms in total. The van der Waals surface area contributed by atoms with Crippen LogP contribution < -0.4 is 4.74 Å². The van der Waals surface area contributed by atoms with Crippen LogP contribution >= 0.6 is 34.8 Å². The van der Waals surface area contributed by atoms with Gasteiger partial charge in [-0.3, -0.25) is 10.1 Å². The molecule has 1 aromatic heterocycles. The smallest absolute Gasteiger partial charge is 0.305 e. The number of hydrogen-bond donors (Lipinski definition) is 0. The fourth-order valence-electron chi connectivity index (χ4n) is 1.42. The minimum Gasteiger partial charge on any atom is -0.437 e. The van der Waals surface area contributed by atoms with E-state index >= 15 is 0 Å². The van der Waals surface area contributed by atoms with Crippen molar-refractivity contribution in [1.29, 1.82) is 5.26 Å². The van der Waals surface area contributed by atoms with Crippen molar-refractivity contribution in [2.45, 2.75) is 0 Å². The van der Waals surface area contributed by atoms with Crippen LogP contribution in [0.1, 0.15) is 5.69 Å². The molecule has 9 heteroatoms. The fourth-order valence-corrected chi connectivity index (χ4v) is 1.99. The molecule has 2 aromatic rings. The van der Waals surface area contributed by atoms with Crippen LogP contribution in [0.15, 0.2) is 24.3 Å². The zero-order valence-corrected chi connectivity index (χ0v) is 12.3. The molecular weight excluding hydrogens is 341 g/mol. The van der Waals surface area contributed by atoms with Crippen molar-refractivity contribution in [3.05, 3.63) is 55.1 Å². The summed E-state index contributed by atoms with van der Waals surface area (Å²) < 4.78 is 5.36. The molecule has 0 aliphatic heterocycles. The molecule has 0 saturated heterocycles. The second kappa shape index (κ2) is 6.14. The Morgan fingerprint density at radius 3 is 2.48 bits per heavy atom. The van der Waals surface area contributed by atoms with E-state index in [0.717, 1.165) is 6.07 Å². The van der Waals surface area contributed by atoms with Crippen molar-refractivity contribution in [3.8, 4) is 17.7 Å². The van der Waals surface area contributed by atoms with E-state index in [1.807, 2.05) is 0 Å². The average molecular weight is 345 g/mol. The number of nitrogens with zero attached hydrogens (tertiary/aromatic N) is 3. The summed E-state index contributed by atoms with van der Waals surface area (Å²) in [6, 6.07) is 6.75. The Kier molecular flexibility index (Phi) is 4.48. The number of halogens is 3. The topological polar surface area (TPSA) is 89.0 Å². The molecule has 0 atom stereocenters. The van der Waals surface area contributed by atoms with Gasteiger partial charge in [0.2, 0.25) is 11.6 Å². The van der Waals surface area contributed by atoms with Gasteiger partial charge in [0, 0.05) is 18.2 Å². The van der Waals surface area contributed by atoms with Gasteiger partial charge in [-0.1, -0.05) is 34.8 Å². The van der Waals surface area contributed by atoms with E-state index in [-0.39, 0.29) is 32.4 Å². The number of ether oxygens (including phenoxy) is 1. The molecule has 0 unspecified atom stereocenters. The Morgan fingerprint density at radius 2 is 1.86 bits per heavy atom. The molecule has 0 aliphatic rings. The Labute approximate surface area is 133 Å². The first-order valence-corrected chi connectivity index (χ1v) is 6.43. The maximum absolute atomic E-state index is 10.7. The predicted molar refractivity (Wildman–Crippen MR) is 77.2 cm³/mol. The van der Waals surface area contributed by atoms with Crippen LogP contribution in [0.4, 0.5) is 5.69 Å². The van der Waals surface area contributed by atoms with E-state index in [1.54, 1.807) is 6.07 Å². The van der Waals surface area contributed by atoms with Gasteiger partial charge in [0.1, 0.15) is 11.8 Å². The molecule has 1 heterocycles. The second-order valence-electron chi connectivity index (χ2n) is 3.68. The summed E-state index contributed by atoms with van der Waals surface area (Å²) in [6.07, 6.45) is 0. The second-order valence-corrected chi connectivity index (χ2v) is 4.91. The molecule has 2 rings (SSSR count). The van der Waals surface area contributed by atoms with Gasteiger partial charge >= 0.3 is 5.69 Å². The SMILES string of the molecule is N#Cc1nc(Oc2cc(Cl)c(Cl)cc2Cl)ccc1[N+](=O)[O-]. The summed E-state index contributed by atoms with van der Waals surface area (Å²) in [5.74, 6) is 0.133. The molecule has 106 valence electrons. The minimum atomic E-state index is -0.707. The Morgan fingerprint density at radius 1 is 1.19 bits per heavy atom. The highest BCUT2D eigenvalue weighted by Crippen LogP contribution is 2.36. The largest absolute Gasteiger partial charge is 0.437 e. The van der Waals surface area contributed by atoms with Crippen LogP contribution in [0.2, 0.25) is 15.1 Å². The lowest BCUT2D eigenvalue weighted by Crippen LogP contribution is -1.97. The van der Waals surface area contributed by atoms with Gasteiger partial charge in [-0.05, 0) is 6.07 Å². The lowest BCUT2D eigenvalue weighted by Gasteiger charge is -2.08. The average Bonchev–Trinajstić information content (AvgIpc) is 2.44. The number of benzene rings is 1. The van der Waals surface area contributed by atoms with E-state index in [4.69, 9.17) is 44.8 Å². The van der Waals surface area contributed by atoms with E-state index in [2.05, 4.69) is 4.98 Å². The number of nitriles is 1. The maximum atomic E-state index is 10.7. The Bertz CT molecular complexity index is 774. The molecule has 21 heavy (non-hydrogen) atoms. The zero-order valence-electron chi connectivity index (χ0n) is 10.0. The van der Waals surface area contributed by atoms with Crippen LogP contribution in [0.5, 0.6) is 11.6 Å². The summed E-state index contributed by atoms with van der Waals surface area (Å²) in [7, 11) is 0. The highest BCUT2D eigenvalue weighted by atomic mass is 35.5. The number of pyridine rings is 1. The Hall–Kier alpha value is -2.07. The lowest BCUT2D eigenvalue weighted by molar-refractivity contribution is -0.385. The summed E-state index contributed by atoms with van der Waals surface area (Å²) in [5.41, 5.74) is -0.779. The number of rotatable bonds is 3. The predicted octanol–water partition coefficient (Wildman–Crippen LogP) is 4.61. The van der Waals surface area contributed by atoms with Crippen LogP contribution in [-0.2, 0) is 0 Å². The molecular formula is C12H4Cl3N3O3. The van der Waals surface area contributed by atoms with E-state index in [1.165, 1.54) is 18.2 Å². The quantitative estimate of drug-likeness (QED) is 0.460. The molecule has 0 fully saturated rings. The summed E-state index contributed by atoms with van der Waals surface area (Å²) >= 11 is 17.6. The molecule has 0 N–H and O–H groups in total. The molecule has 0 spiro atoms. The molecule has 0 aliphatic carbocycles. The fraction of sp³-hybridized carbons (Fsp3) is 0. The number of hydrogen-bond acceptors (Lipinski definition) is 5. The van der Waals surface area contributed by atoms with Gasteiger partial charge in [-0.25, -0.2) is 0 Å². The van der Waals surface area contributed by atoms with Crippen molar-refractivity contribution in [1.82, 2.24) is 4.98 Å². The molecule has 0 radical (unpaired) electrons. The van der Waals surface area contributed by atoms with Crippen molar-refractivity contribution in [2.24, 2.45) is 0 Å². The van der Waals surface area contributed by atoms with Gasteiger partial charge in [-0.2, -0.15) is 10.2 Å². The lowest BCUT2D eigenvalue weighted by atomic mass is 10.3. The zero-order chi connectivity index (χ0) is 15.6. The third-order valence-corrected chi connectivity index (χ3v) is 3.36. The highest BCUT2D eigenvalue weighted by molar-refractivity contribution is 6.43. The summed E-state index contributed by atoms with van der Waals surface area (Å²) in [6.45, 7) is 0. The maximum Gasteiger partial charge on any atom is 0.305 e. The van der Waals surface area contributed by atoms with Crippen molar-refractivity contribution in [3.63, 3.8) is 0 Å². The van der Waals surface area contributed by atoms with Gasteiger partial charge in [0.05, 0.1) is 20.0 Å². The summed E-state index contributed by atoms with van der Waals surface area (Å²) in [4.78, 5) is 13.7. The van der Waals surface area contributed by atoms with E-state index in [9.17, 15) is 10.1 Å². The van der Waals surface area contributed by atoms with Crippen LogP contribution in [0.25, 0.3) is 0 Å². The molecule has 1 aromatic carbocycles. The highest BCUT2D eigenvalue weighted by Gasteiger charge is 2.17. The molecule has 0 bridgehead atoms. The Balaban J connectivity index is 2.39. The normalized spacial score (nSPS) is 10.0. The monoisotopic (exact) mass is 343 g/mol. The standard InChI is InChI=1S/C12H4Cl3N3O3/c13-6-3-8(15)11(4-7(6)14)21-12-2-1-10(18(19)20)9(5-16)17-12/h1-4H. The number of nitro groups is 1. The van der Waals surface area contributed by atoms with Gasteiger partial charge in [0.15, 0.2) is 0 Å². The van der Waals surface area contributed by atoms with Crippen LogP contribution in [0.3, 0.4) is 0 Å². The van der Waals surface area contributed by atoms with Crippen LogP contribution in [-0.4, -0.2) is 9.91 Å². The van der Waals surface area contributed by atoms with Gasteiger partial charge in [-0.15, -0.1) is 0 Å². The first-order chi connectivity index (χ1) is 9.92. The summed E-state index contributed by atoms with van der Waals surface area (Å²) in [5, 5.41) is 20.2. The van der Waals surface area contributed by atoms with Gasteiger partial charge < -0.3 is 4.74 Å². The molecule has 0 amide bonds. The van der Waals surface area contributed by atoms with E-state index < -0.39 is 10.6 Å². The molecule has 0 saturated carbocycles. The van der Waals surface area contributed by atoms with E-state index in [0.29, 0.717) is 0 Å². The van der Waals surface area contributed by atoms with Crippen molar-refractivity contribution in [2.75, 3.05) is 0 Å².